The van der Waals surface area contributed by atoms with Crippen LogP contribution in [-0.4, -0.2) is 51.1 Å². The van der Waals surface area contributed by atoms with Gasteiger partial charge in [0.2, 0.25) is 0 Å². The van der Waals surface area contributed by atoms with Crippen molar-refractivity contribution in [2.45, 2.75) is 25.9 Å². The molecule has 1 amide bonds. The highest BCUT2D eigenvalue weighted by Gasteiger charge is 2.22. The van der Waals surface area contributed by atoms with Crippen molar-refractivity contribution in [3.05, 3.63) is 35.7 Å². The molecule has 0 aliphatic heterocycles. The van der Waals surface area contributed by atoms with Crippen LogP contribution < -0.4 is 4.74 Å². The van der Waals surface area contributed by atoms with Crippen molar-refractivity contribution in [2.24, 2.45) is 0 Å². The summed E-state index contributed by atoms with van der Waals surface area (Å²) in [6, 6.07) is 3.12. The van der Waals surface area contributed by atoms with E-state index in [0.29, 0.717) is 12.4 Å². The van der Waals surface area contributed by atoms with Gasteiger partial charge in [-0.1, -0.05) is 12.1 Å². The van der Waals surface area contributed by atoms with Gasteiger partial charge in [-0.05, 0) is 19.1 Å². The van der Waals surface area contributed by atoms with Gasteiger partial charge in [-0.25, -0.2) is 8.78 Å². The molecule has 2 atom stereocenters. The number of H-pyrrole nitrogens is 1. The first kappa shape index (κ1) is 16.8. The van der Waals surface area contributed by atoms with E-state index >= 15 is 0 Å². The number of benzene rings is 1. The Hall–Kier alpha value is -2.58. The molecule has 1 N–H and O–H groups in total. The highest BCUT2D eigenvalue weighted by atomic mass is 19.2. The molecule has 0 saturated carbocycles. The number of carbonyl (C=O) groups excluding carboxylic acids is 1. The second-order valence-electron chi connectivity index (χ2n) is 5.23. The standard InChI is InChI=1S/C14H17F2N5O2/c1-8(13-17-19-20-18-13)7-21(3)14(22)9(2)23-10-4-5-11(15)12(16)6-10/h4-6,8-9H,7H2,1-3H3,(H,17,18,19,20)/t8-,9+/m0/s1. The van der Waals surface area contributed by atoms with Crippen LogP contribution >= 0.6 is 0 Å². The maximum Gasteiger partial charge on any atom is 0.263 e. The van der Waals surface area contributed by atoms with Crippen LogP contribution in [0, 0.1) is 11.6 Å². The molecule has 2 rings (SSSR count). The van der Waals surface area contributed by atoms with Crippen LogP contribution in [0.5, 0.6) is 5.75 Å². The number of likely N-dealkylation sites (N-methyl/N-ethyl adjacent to an activating group) is 1. The molecule has 0 bridgehead atoms. The number of aromatic amines is 1. The average Bonchev–Trinajstić information content (AvgIpc) is 3.04. The van der Waals surface area contributed by atoms with Crippen LogP contribution in [0.1, 0.15) is 25.6 Å². The van der Waals surface area contributed by atoms with E-state index in [1.807, 2.05) is 6.92 Å². The molecule has 1 aromatic carbocycles. The lowest BCUT2D eigenvalue weighted by Crippen LogP contribution is -2.39. The Morgan fingerprint density at radius 1 is 1.35 bits per heavy atom. The minimum atomic E-state index is -1.03. The second-order valence-corrected chi connectivity index (χ2v) is 5.23. The van der Waals surface area contributed by atoms with Gasteiger partial charge in [0.1, 0.15) is 5.75 Å². The normalized spacial score (nSPS) is 13.4. The molecular formula is C14H17F2N5O2. The summed E-state index contributed by atoms with van der Waals surface area (Å²) in [5.74, 6) is -1.82. The van der Waals surface area contributed by atoms with Gasteiger partial charge in [0.15, 0.2) is 23.6 Å². The Morgan fingerprint density at radius 2 is 2.09 bits per heavy atom. The SMILES string of the molecule is C[C@@H](Oc1ccc(F)c(F)c1)C(=O)N(C)C[C@H](C)c1nn[nH]n1. The van der Waals surface area contributed by atoms with Crippen LogP contribution in [0.2, 0.25) is 0 Å². The third kappa shape index (κ3) is 4.21. The van der Waals surface area contributed by atoms with E-state index in [2.05, 4.69) is 20.6 Å². The van der Waals surface area contributed by atoms with Gasteiger partial charge >= 0.3 is 0 Å². The molecule has 0 fully saturated rings. The summed E-state index contributed by atoms with van der Waals surface area (Å²) in [7, 11) is 1.62. The van der Waals surface area contributed by atoms with Crippen LogP contribution in [0.3, 0.4) is 0 Å². The molecule has 0 aliphatic carbocycles. The summed E-state index contributed by atoms with van der Waals surface area (Å²) in [5.41, 5.74) is 0. The summed E-state index contributed by atoms with van der Waals surface area (Å²) in [4.78, 5) is 13.7. The number of amides is 1. The van der Waals surface area contributed by atoms with Crippen molar-refractivity contribution in [3.63, 3.8) is 0 Å². The highest BCUT2D eigenvalue weighted by molar-refractivity contribution is 5.80. The Balaban J connectivity index is 1.94. The largest absolute Gasteiger partial charge is 0.481 e. The fourth-order valence-corrected chi connectivity index (χ4v) is 2.08. The lowest BCUT2D eigenvalue weighted by Gasteiger charge is -2.24. The molecule has 0 saturated heterocycles. The minimum Gasteiger partial charge on any atom is -0.481 e. The summed E-state index contributed by atoms with van der Waals surface area (Å²) < 4.78 is 31.4. The smallest absolute Gasteiger partial charge is 0.263 e. The van der Waals surface area contributed by atoms with Gasteiger partial charge in [0.05, 0.1) is 0 Å². The zero-order chi connectivity index (χ0) is 17.0. The average molecular weight is 325 g/mol. The molecular weight excluding hydrogens is 308 g/mol. The zero-order valence-electron chi connectivity index (χ0n) is 13.0. The van der Waals surface area contributed by atoms with E-state index in [9.17, 15) is 13.6 Å². The molecule has 1 heterocycles. The first-order valence-electron chi connectivity index (χ1n) is 6.98. The number of hydrogen-bond acceptors (Lipinski definition) is 5. The van der Waals surface area contributed by atoms with Gasteiger partial charge in [-0.3, -0.25) is 4.79 Å². The number of tetrazole rings is 1. The van der Waals surface area contributed by atoms with E-state index in [4.69, 9.17) is 4.74 Å². The number of ether oxygens (including phenoxy) is 1. The Labute approximate surface area is 131 Å². The van der Waals surface area contributed by atoms with E-state index < -0.39 is 17.7 Å². The molecule has 0 unspecified atom stereocenters. The monoisotopic (exact) mass is 325 g/mol. The van der Waals surface area contributed by atoms with Gasteiger partial charge < -0.3 is 9.64 Å². The first-order valence-corrected chi connectivity index (χ1v) is 6.98. The third-order valence-corrected chi connectivity index (χ3v) is 3.28. The van der Waals surface area contributed by atoms with E-state index in [1.165, 1.54) is 11.0 Å². The van der Waals surface area contributed by atoms with Crippen molar-refractivity contribution in [3.8, 4) is 5.75 Å². The van der Waals surface area contributed by atoms with Crippen molar-refractivity contribution in [2.75, 3.05) is 13.6 Å². The fraction of sp³-hybridized carbons (Fsp3) is 0.429. The molecule has 0 radical (unpaired) electrons. The molecule has 7 nitrogen and oxygen atoms in total. The summed E-state index contributed by atoms with van der Waals surface area (Å²) in [6.45, 7) is 3.76. The Bertz CT molecular complexity index is 665. The predicted molar refractivity (Wildman–Crippen MR) is 76.7 cm³/mol. The van der Waals surface area contributed by atoms with Crippen molar-refractivity contribution >= 4 is 5.91 Å². The maximum atomic E-state index is 13.1. The lowest BCUT2D eigenvalue weighted by molar-refractivity contribution is -0.136. The van der Waals surface area contributed by atoms with Crippen molar-refractivity contribution in [1.82, 2.24) is 25.5 Å². The van der Waals surface area contributed by atoms with Crippen LogP contribution in [0.15, 0.2) is 18.2 Å². The Morgan fingerprint density at radius 3 is 2.70 bits per heavy atom. The number of hydrogen-bond donors (Lipinski definition) is 1. The molecule has 9 heteroatoms. The van der Waals surface area contributed by atoms with Gasteiger partial charge in [0.25, 0.3) is 5.91 Å². The first-order chi connectivity index (χ1) is 10.9. The summed E-state index contributed by atoms with van der Waals surface area (Å²) in [5, 5.41) is 13.6. The predicted octanol–water partition coefficient (Wildman–Crippen LogP) is 1.51. The van der Waals surface area contributed by atoms with Gasteiger partial charge in [-0.2, -0.15) is 5.21 Å². The van der Waals surface area contributed by atoms with Crippen LogP contribution in [-0.2, 0) is 4.79 Å². The molecule has 1 aromatic heterocycles. The third-order valence-electron chi connectivity index (χ3n) is 3.28. The van der Waals surface area contributed by atoms with Gasteiger partial charge in [-0.15, -0.1) is 10.2 Å². The van der Waals surface area contributed by atoms with E-state index in [1.54, 1.807) is 14.0 Å². The van der Waals surface area contributed by atoms with Crippen molar-refractivity contribution in [1.29, 1.82) is 0 Å². The quantitative estimate of drug-likeness (QED) is 0.870. The molecule has 0 spiro atoms. The zero-order valence-corrected chi connectivity index (χ0v) is 13.0. The number of nitrogens with zero attached hydrogens (tertiary/aromatic N) is 4. The summed E-state index contributed by atoms with van der Waals surface area (Å²) >= 11 is 0. The number of carbonyl (C=O) groups is 1. The Kier molecular flexibility index (Phi) is 5.20. The number of halogens is 2. The van der Waals surface area contributed by atoms with Crippen LogP contribution in [0.4, 0.5) is 8.78 Å². The minimum absolute atomic E-state index is 0.0874. The lowest BCUT2D eigenvalue weighted by atomic mass is 10.1. The molecule has 23 heavy (non-hydrogen) atoms. The summed E-state index contributed by atoms with van der Waals surface area (Å²) in [6.07, 6.45) is -0.845. The van der Waals surface area contributed by atoms with E-state index in [-0.39, 0.29) is 17.6 Å². The number of nitrogens with one attached hydrogen (secondary N) is 1. The van der Waals surface area contributed by atoms with Gasteiger partial charge in [0, 0.05) is 25.6 Å². The second kappa shape index (κ2) is 7.12. The number of rotatable bonds is 6. The van der Waals surface area contributed by atoms with Crippen molar-refractivity contribution < 1.29 is 18.3 Å². The molecule has 2 aromatic rings. The molecule has 0 aliphatic rings. The fourth-order valence-electron chi connectivity index (χ4n) is 2.08. The number of aromatic nitrogens is 4. The highest BCUT2D eigenvalue weighted by Crippen LogP contribution is 2.18. The van der Waals surface area contributed by atoms with E-state index in [0.717, 1.165) is 12.1 Å². The topological polar surface area (TPSA) is 84.0 Å². The van der Waals surface area contributed by atoms with Crippen LogP contribution in [0.25, 0.3) is 0 Å². The maximum absolute atomic E-state index is 13.1. The molecule has 124 valence electrons.